The van der Waals surface area contributed by atoms with E-state index in [-0.39, 0.29) is 12.4 Å². The average Bonchev–Trinajstić information content (AvgIpc) is 3.30. The molecule has 24 heavy (non-hydrogen) atoms. The van der Waals surface area contributed by atoms with E-state index in [4.69, 9.17) is 13.7 Å². The quantitative estimate of drug-likeness (QED) is 0.378. The zero-order valence-corrected chi connectivity index (χ0v) is 13.6. The van der Waals surface area contributed by atoms with Crippen LogP contribution in [-0.4, -0.2) is 23.2 Å². The summed E-state index contributed by atoms with van der Waals surface area (Å²) < 4.78 is 12.5. The summed E-state index contributed by atoms with van der Waals surface area (Å²) in [4.78, 5) is 17.4. The molecular formula is C18H18N2O4. The van der Waals surface area contributed by atoms with Crippen molar-refractivity contribution in [2.45, 2.75) is 20.4 Å². The molecule has 0 aliphatic rings. The van der Waals surface area contributed by atoms with Gasteiger partial charge in [-0.25, -0.2) is 0 Å². The first kappa shape index (κ1) is 15.9. The maximum Gasteiger partial charge on any atom is 0.204 e. The Hall–Kier alpha value is -3.02. The molecular weight excluding hydrogens is 308 g/mol. The molecule has 0 bridgehead atoms. The first-order valence-corrected chi connectivity index (χ1v) is 7.56. The summed E-state index contributed by atoms with van der Waals surface area (Å²) in [6.45, 7) is 4.34. The SMILES string of the molecule is Cc1cc(C(=O)CON=Cc2ccco2)c(C)n1Cc1ccco1. The maximum atomic E-state index is 12.3. The lowest BCUT2D eigenvalue weighted by molar-refractivity contribution is 0.0777. The van der Waals surface area contributed by atoms with Crippen LogP contribution in [0.25, 0.3) is 0 Å². The van der Waals surface area contributed by atoms with Gasteiger partial charge in [-0.2, -0.15) is 0 Å². The van der Waals surface area contributed by atoms with Crippen LogP contribution >= 0.6 is 0 Å². The highest BCUT2D eigenvalue weighted by atomic mass is 16.6. The normalized spacial score (nSPS) is 11.2. The standard InChI is InChI=1S/C18H18N2O4/c1-13-9-17(14(2)20(13)11-16-6-4-8-23-16)18(21)12-24-19-10-15-5-3-7-22-15/h3-10H,11-12H2,1-2H3. The summed E-state index contributed by atoms with van der Waals surface area (Å²) in [7, 11) is 0. The molecule has 3 rings (SSSR count). The first-order valence-electron chi connectivity index (χ1n) is 7.56. The number of Topliss-reactive ketones (excluding diaryl/α,β-unsaturated/α-hetero) is 1. The van der Waals surface area contributed by atoms with Crippen molar-refractivity contribution in [2.75, 3.05) is 6.61 Å². The number of aryl methyl sites for hydroxylation is 1. The van der Waals surface area contributed by atoms with Gasteiger partial charge < -0.3 is 18.2 Å². The monoisotopic (exact) mass is 326 g/mol. The Balaban J connectivity index is 1.64. The van der Waals surface area contributed by atoms with Crippen molar-refractivity contribution in [3.8, 4) is 0 Å². The van der Waals surface area contributed by atoms with E-state index in [1.807, 2.05) is 36.6 Å². The molecule has 0 saturated carbocycles. The van der Waals surface area contributed by atoms with Crippen LogP contribution < -0.4 is 0 Å². The highest BCUT2D eigenvalue weighted by molar-refractivity contribution is 5.98. The molecule has 0 saturated heterocycles. The molecule has 0 N–H and O–H groups in total. The molecule has 0 atom stereocenters. The third-order valence-electron chi connectivity index (χ3n) is 3.76. The van der Waals surface area contributed by atoms with E-state index < -0.39 is 0 Å². The topological polar surface area (TPSA) is 69.9 Å². The zero-order valence-electron chi connectivity index (χ0n) is 13.6. The van der Waals surface area contributed by atoms with Gasteiger partial charge >= 0.3 is 0 Å². The van der Waals surface area contributed by atoms with Gasteiger partial charge in [0.1, 0.15) is 17.7 Å². The highest BCUT2D eigenvalue weighted by Crippen LogP contribution is 2.18. The van der Waals surface area contributed by atoms with E-state index in [9.17, 15) is 4.79 Å². The minimum absolute atomic E-state index is 0.120. The number of oxime groups is 1. The van der Waals surface area contributed by atoms with Gasteiger partial charge in [0.25, 0.3) is 0 Å². The Kier molecular flexibility index (Phi) is 4.65. The molecule has 124 valence electrons. The van der Waals surface area contributed by atoms with Crippen LogP contribution in [0.2, 0.25) is 0 Å². The van der Waals surface area contributed by atoms with E-state index in [0.29, 0.717) is 17.9 Å². The van der Waals surface area contributed by atoms with Crippen LogP contribution in [0, 0.1) is 13.8 Å². The van der Waals surface area contributed by atoms with E-state index in [2.05, 4.69) is 5.16 Å². The van der Waals surface area contributed by atoms with Crippen molar-refractivity contribution in [2.24, 2.45) is 5.16 Å². The number of ketones is 1. The van der Waals surface area contributed by atoms with E-state index in [1.165, 1.54) is 6.21 Å². The van der Waals surface area contributed by atoms with Gasteiger partial charge in [0.05, 0.1) is 19.1 Å². The Morgan fingerprint density at radius 1 is 1.25 bits per heavy atom. The van der Waals surface area contributed by atoms with Crippen molar-refractivity contribution >= 4 is 12.0 Å². The van der Waals surface area contributed by atoms with Gasteiger partial charge in [0, 0.05) is 17.0 Å². The molecule has 6 nitrogen and oxygen atoms in total. The van der Waals surface area contributed by atoms with E-state index in [1.54, 1.807) is 24.7 Å². The van der Waals surface area contributed by atoms with Gasteiger partial charge in [-0.1, -0.05) is 5.16 Å². The van der Waals surface area contributed by atoms with Gasteiger partial charge in [0.2, 0.25) is 5.78 Å². The Labute approximate surface area is 139 Å². The number of furan rings is 2. The Morgan fingerprint density at radius 3 is 2.75 bits per heavy atom. The third-order valence-corrected chi connectivity index (χ3v) is 3.76. The van der Waals surface area contributed by atoms with Crippen LogP contribution in [-0.2, 0) is 11.4 Å². The molecule has 0 aliphatic heterocycles. The summed E-state index contributed by atoms with van der Waals surface area (Å²) in [5.74, 6) is 1.29. The minimum Gasteiger partial charge on any atom is -0.467 e. The largest absolute Gasteiger partial charge is 0.467 e. The van der Waals surface area contributed by atoms with Crippen LogP contribution in [0.1, 0.15) is 33.3 Å². The lowest BCUT2D eigenvalue weighted by atomic mass is 10.1. The van der Waals surface area contributed by atoms with Gasteiger partial charge in [0.15, 0.2) is 6.61 Å². The van der Waals surface area contributed by atoms with Crippen molar-refractivity contribution < 1.29 is 18.5 Å². The predicted octanol–water partition coefficient (Wildman–Crippen LogP) is 3.57. The Bertz CT molecular complexity index is 827. The summed E-state index contributed by atoms with van der Waals surface area (Å²) in [5.41, 5.74) is 2.51. The maximum absolute atomic E-state index is 12.3. The highest BCUT2D eigenvalue weighted by Gasteiger charge is 2.16. The molecule has 3 aromatic heterocycles. The van der Waals surface area contributed by atoms with Crippen LogP contribution in [0.5, 0.6) is 0 Å². The predicted molar refractivity (Wildman–Crippen MR) is 88.3 cm³/mol. The average molecular weight is 326 g/mol. The van der Waals surface area contributed by atoms with Crippen molar-refractivity contribution in [1.29, 1.82) is 0 Å². The number of hydrogen-bond donors (Lipinski definition) is 0. The molecule has 0 radical (unpaired) electrons. The Morgan fingerprint density at radius 2 is 2.04 bits per heavy atom. The van der Waals surface area contributed by atoms with Crippen LogP contribution in [0.15, 0.2) is 56.8 Å². The second-order valence-electron chi connectivity index (χ2n) is 5.40. The molecule has 0 fully saturated rings. The number of carbonyl (C=O) groups is 1. The number of nitrogens with zero attached hydrogens (tertiary/aromatic N) is 2. The summed E-state index contributed by atoms with van der Waals surface area (Å²) in [6, 6.07) is 9.12. The number of aromatic nitrogens is 1. The van der Waals surface area contributed by atoms with Crippen molar-refractivity contribution in [3.05, 3.63) is 71.3 Å². The smallest absolute Gasteiger partial charge is 0.204 e. The number of hydrogen-bond acceptors (Lipinski definition) is 5. The minimum atomic E-state index is -0.123. The summed E-state index contributed by atoms with van der Waals surface area (Å²) >= 11 is 0. The fourth-order valence-electron chi connectivity index (χ4n) is 2.51. The lowest BCUT2D eigenvalue weighted by Gasteiger charge is -2.07. The van der Waals surface area contributed by atoms with Gasteiger partial charge in [-0.3, -0.25) is 4.79 Å². The molecule has 0 aromatic carbocycles. The zero-order chi connectivity index (χ0) is 16.9. The van der Waals surface area contributed by atoms with E-state index >= 15 is 0 Å². The van der Waals surface area contributed by atoms with Gasteiger partial charge in [-0.05, 0) is 44.2 Å². The molecule has 3 heterocycles. The second-order valence-corrected chi connectivity index (χ2v) is 5.40. The fraction of sp³-hybridized carbons (Fsp3) is 0.222. The second kappa shape index (κ2) is 7.04. The molecule has 0 spiro atoms. The van der Waals surface area contributed by atoms with Gasteiger partial charge in [-0.15, -0.1) is 0 Å². The van der Waals surface area contributed by atoms with Crippen molar-refractivity contribution in [1.82, 2.24) is 4.57 Å². The number of carbonyl (C=O) groups excluding carboxylic acids is 1. The number of rotatable bonds is 7. The van der Waals surface area contributed by atoms with Crippen molar-refractivity contribution in [3.63, 3.8) is 0 Å². The van der Waals surface area contributed by atoms with Crippen LogP contribution in [0.4, 0.5) is 0 Å². The fourth-order valence-corrected chi connectivity index (χ4v) is 2.51. The molecule has 3 aromatic rings. The summed E-state index contributed by atoms with van der Waals surface area (Å²) in [5, 5.41) is 3.74. The third kappa shape index (κ3) is 3.48. The molecule has 0 amide bonds. The van der Waals surface area contributed by atoms with Crippen LogP contribution in [0.3, 0.4) is 0 Å². The first-order chi connectivity index (χ1) is 11.6. The lowest BCUT2D eigenvalue weighted by Crippen LogP contribution is -2.09. The molecule has 0 aliphatic carbocycles. The van der Waals surface area contributed by atoms with E-state index in [0.717, 1.165) is 17.1 Å². The summed E-state index contributed by atoms with van der Waals surface area (Å²) in [6.07, 6.45) is 4.61. The molecule has 0 unspecified atom stereocenters. The molecule has 6 heteroatoms.